The molecule has 0 aliphatic carbocycles. The summed E-state index contributed by atoms with van der Waals surface area (Å²) in [5.41, 5.74) is 8.65. The predicted molar refractivity (Wildman–Crippen MR) is 66.0 cm³/mol. The minimum absolute atomic E-state index is 0.594. The lowest BCUT2D eigenvalue weighted by molar-refractivity contribution is 1.48. The van der Waals surface area contributed by atoms with Crippen LogP contribution in [0.25, 0.3) is 11.1 Å². The molecular weight excluding hydrogens is 220 g/mol. The van der Waals surface area contributed by atoms with Gasteiger partial charge in [0.05, 0.1) is 11.6 Å². The van der Waals surface area contributed by atoms with Gasteiger partial charge in [-0.3, -0.25) is 0 Å². The maximum absolute atomic E-state index is 9.02. The summed E-state index contributed by atoms with van der Waals surface area (Å²) in [5, 5.41) is 9.66. The van der Waals surface area contributed by atoms with Gasteiger partial charge in [-0.05, 0) is 35.9 Å². The van der Waals surface area contributed by atoms with E-state index in [1.807, 2.05) is 18.2 Å². The fourth-order valence-corrected chi connectivity index (χ4v) is 1.74. The molecule has 0 amide bonds. The molecule has 2 rings (SSSR count). The number of hydrogen-bond donors (Lipinski definition) is 1. The molecule has 0 aliphatic rings. The molecule has 0 fully saturated rings. The Morgan fingerprint density at radius 3 is 2.62 bits per heavy atom. The topological polar surface area (TPSA) is 49.8 Å². The van der Waals surface area contributed by atoms with Crippen molar-refractivity contribution in [2.45, 2.75) is 0 Å². The van der Waals surface area contributed by atoms with Gasteiger partial charge in [0.1, 0.15) is 0 Å². The van der Waals surface area contributed by atoms with E-state index in [-0.39, 0.29) is 0 Å². The van der Waals surface area contributed by atoms with E-state index in [2.05, 4.69) is 6.07 Å². The average Bonchev–Trinajstić information content (AvgIpc) is 2.29. The Balaban J connectivity index is 2.64. The van der Waals surface area contributed by atoms with Crippen molar-refractivity contribution in [1.82, 2.24) is 0 Å². The van der Waals surface area contributed by atoms with E-state index >= 15 is 0 Å². The lowest BCUT2D eigenvalue weighted by Crippen LogP contribution is -1.89. The molecule has 2 aromatic rings. The van der Waals surface area contributed by atoms with Crippen LogP contribution in [0.15, 0.2) is 42.5 Å². The Kier molecular flexibility index (Phi) is 2.80. The zero-order chi connectivity index (χ0) is 11.5. The number of rotatable bonds is 1. The number of nitrogen functional groups attached to an aromatic ring is 1. The molecular formula is C13H9ClN2. The highest BCUT2D eigenvalue weighted by Crippen LogP contribution is 2.27. The molecule has 0 bridgehead atoms. The van der Waals surface area contributed by atoms with Gasteiger partial charge < -0.3 is 5.73 Å². The third-order valence-corrected chi connectivity index (χ3v) is 2.53. The Morgan fingerprint density at radius 2 is 1.94 bits per heavy atom. The summed E-state index contributed by atoms with van der Waals surface area (Å²) in [6.45, 7) is 0. The van der Waals surface area contributed by atoms with Crippen molar-refractivity contribution >= 4 is 17.3 Å². The van der Waals surface area contributed by atoms with Gasteiger partial charge in [-0.25, -0.2) is 0 Å². The third-order valence-electron chi connectivity index (χ3n) is 2.30. The molecule has 0 heterocycles. The molecule has 3 heteroatoms. The van der Waals surface area contributed by atoms with Crippen molar-refractivity contribution in [2.24, 2.45) is 0 Å². The van der Waals surface area contributed by atoms with Crippen LogP contribution < -0.4 is 5.73 Å². The molecule has 0 saturated carbocycles. The van der Waals surface area contributed by atoms with Crippen molar-refractivity contribution in [3.05, 3.63) is 53.1 Å². The standard InChI is InChI=1S/C13H9ClN2/c14-11-3-1-2-9(6-11)13-7-12(16)5-4-10(13)8-15/h1-7H,16H2. The van der Waals surface area contributed by atoms with Crippen LogP contribution in [-0.4, -0.2) is 0 Å². The second-order valence-electron chi connectivity index (χ2n) is 3.43. The fourth-order valence-electron chi connectivity index (χ4n) is 1.55. The number of benzene rings is 2. The number of nitriles is 1. The van der Waals surface area contributed by atoms with Crippen molar-refractivity contribution in [1.29, 1.82) is 5.26 Å². The first kappa shape index (κ1) is 10.5. The van der Waals surface area contributed by atoms with E-state index in [4.69, 9.17) is 22.6 Å². The summed E-state index contributed by atoms with van der Waals surface area (Å²) in [6, 6.07) is 14.7. The summed E-state index contributed by atoms with van der Waals surface area (Å²) in [5.74, 6) is 0. The van der Waals surface area contributed by atoms with Crippen molar-refractivity contribution in [3.63, 3.8) is 0 Å². The first-order valence-electron chi connectivity index (χ1n) is 4.76. The number of nitrogens with zero attached hydrogens (tertiary/aromatic N) is 1. The van der Waals surface area contributed by atoms with E-state index < -0.39 is 0 Å². The first-order valence-corrected chi connectivity index (χ1v) is 5.14. The highest BCUT2D eigenvalue weighted by Gasteiger charge is 2.05. The molecule has 2 N–H and O–H groups in total. The molecule has 2 nitrogen and oxygen atoms in total. The molecule has 0 aliphatic heterocycles. The van der Waals surface area contributed by atoms with Crippen molar-refractivity contribution in [3.8, 4) is 17.2 Å². The number of anilines is 1. The smallest absolute Gasteiger partial charge is 0.0998 e. The molecule has 0 spiro atoms. The van der Waals surface area contributed by atoms with Crippen LogP contribution in [0.1, 0.15) is 5.56 Å². The van der Waals surface area contributed by atoms with Crippen LogP contribution in [0.4, 0.5) is 5.69 Å². The second-order valence-corrected chi connectivity index (χ2v) is 3.86. The average molecular weight is 229 g/mol. The SMILES string of the molecule is N#Cc1ccc(N)cc1-c1cccc(Cl)c1. The summed E-state index contributed by atoms with van der Waals surface area (Å²) < 4.78 is 0. The van der Waals surface area contributed by atoms with Gasteiger partial charge in [0.15, 0.2) is 0 Å². The van der Waals surface area contributed by atoms with Crippen LogP contribution in [-0.2, 0) is 0 Å². The highest BCUT2D eigenvalue weighted by molar-refractivity contribution is 6.30. The minimum Gasteiger partial charge on any atom is -0.399 e. The summed E-state index contributed by atoms with van der Waals surface area (Å²) >= 11 is 5.92. The molecule has 2 aromatic carbocycles. The Hall–Kier alpha value is -1.98. The summed E-state index contributed by atoms with van der Waals surface area (Å²) in [4.78, 5) is 0. The molecule has 78 valence electrons. The molecule has 0 aromatic heterocycles. The van der Waals surface area contributed by atoms with Crippen LogP contribution in [0.3, 0.4) is 0 Å². The van der Waals surface area contributed by atoms with Crippen molar-refractivity contribution < 1.29 is 0 Å². The zero-order valence-electron chi connectivity index (χ0n) is 8.44. The molecule has 0 atom stereocenters. The van der Waals surface area contributed by atoms with E-state index in [1.165, 1.54) is 0 Å². The van der Waals surface area contributed by atoms with Gasteiger partial charge >= 0.3 is 0 Å². The molecule has 0 saturated heterocycles. The van der Waals surface area contributed by atoms with Gasteiger partial charge in [-0.1, -0.05) is 23.7 Å². The minimum atomic E-state index is 0.594. The van der Waals surface area contributed by atoms with Crippen molar-refractivity contribution in [2.75, 3.05) is 5.73 Å². The lowest BCUT2D eigenvalue weighted by Gasteiger charge is -2.05. The number of halogens is 1. The fraction of sp³-hybridized carbons (Fsp3) is 0. The van der Waals surface area contributed by atoms with Crippen LogP contribution in [0.5, 0.6) is 0 Å². The largest absolute Gasteiger partial charge is 0.399 e. The van der Waals surface area contributed by atoms with E-state index in [9.17, 15) is 0 Å². The third kappa shape index (κ3) is 2.00. The van der Waals surface area contributed by atoms with Gasteiger partial charge in [-0.2, -0.15) is 5.26 Å². The maximum atomic E-state index is 9.02. The van der Waals surface area contributed by atoms with Gasteiger partial charge in [0, 0.05) is 16.3 Å². The van der Waals surface area contributed by atoms with Gasteiger partial charge in [0.25, 0.3) is 0 Å². The van der Waals surface area contributed by atoms with E-state index in [0.29, 0.717) is 16.3 Å². The Labute approximate surface area is 98.9 Å². The predicted octanol–water partition coefficient (Wildman–Crippen LogP) is 3.46. The zero-order valence-corrected chi connectivity index (χ0v) is 9.20. The number of hydrogen-bond acceptors (Lipinski definition) is 2. The molecule has 0 radical (unpaired) electrons. The Morgan fingerprint density at radius 1 is 1.12 bits per heavy atom. The van der Waals surface area contributed by atoms with Gasteiger partial charge in [-0.15, -0.1) is 0 Å². The highest BCUT2D eigenvalue weighted by atomic mass is 35.5. The summed E-state index contributed by atoms with van der Waals surface area (Å²) in [7, 11) is 0. The first-order chi connectivity index (χ1) is 7.70. The quantitative estimate of drug-likeness (QED) is 0.760. The number of nitrogens with two attached hydrogens (primary N) is 1. The lowest BCUT2D eigenvalue weighted by atomic mass is 10.00. The summed E-state index contributed by atoms with van der Waals surface area (Å²) in [6.07, 6.45) is 0. The van der Waals surface area contributed by atoms with E-state index in [1.54, 1.807) is 24.3 Å². The van der Waals surface area contributed by atoms with Crippen LogP contribution in [0.2, 0.25) is 5.02 Å². The normalized spacial score (nSPS) is 9.75. The van der Waals surface area contributed by atoms with Crippen LogP contribution in [0, 0.1) is 11.3 Å². The second kappa shape index (κ2) is 4.26. The molecule has 16 heavy (non-hydrogen) atoms. The van der Waals surface area contributed by atoms with Crippen LogP contribution >= 0.6 is 11.6 Å². The maximum Gasteiger partial charge on any atom is 0.0998 e. The van der Waals surface area contributed by atoms with Gasteiger partial charge in [0.2, 0.25) is 0 Å². The monoisotopic (exact) mass is 228 g/mol. The molecule has 0 unspecified atom stereocenters. The Bertz CT molecular complexity index is 570. The van der Waals surface area contributed by atoms with E-state index in [0.717, 1.165) is 11.1 Å².